The van der Waals surface area contributed by atoms with Crippen LogP contribution in [0, 0.1) is 17.2 Å². The Morgan fingerprint density at radius 1 is 1.05 bits per heavy atom. The molecule has 2 aromatic rings. The first-order valence-corrected chi connectivity index (χ1v) is 10.8. The number of carbonyl (C=O) groups is 1. The fourth-order valence-corrected chi connectivity index (χ4v) is 3.45. The van der Waals surface area contributed by atoms with Gasteiger partial charge in [-0.15, -0.1) is 13.2 Å². The second kappa shape index (κ2) is 11.2. The number of benzene rings is 2. The highest BCUT2D eigenvalue weighted by atomic mass is 19.4. The van der Waals surface area contributed by atoms with Crippen LogP contribution in [0.3, 0.4) is 0 Å². The Hall–Kier alpha value is -4.27. The molecule has 2 amide bonds. The van der Waals surface area contributed by atoms with Crippen LogP contribution in [0.15, 0.2) is 77.2 Å². The van der Waals surface area contributed by atoms with Crippen LogP contribution < -0.4 is 10.7 Å². The van der Waals surface area contributed by atoms with Gasteiger partial charge in [-0.1, -0.05) is 31.2 Å². The quantitative estimate of drug-likeness (QED) is 0.270. The van der Waals surface area contributed by atoms with Gasteiger partial charge in [-0.05, 0) is 54.0 Å². The topological polar surface area (TPSA) is 86.5 Å². The van der Waals surface area contributed by atoms with Crippen molar-refractivity contribution in [1.82, 2.24) is 10.7 Å². The molecule has 12 heteroatoms. The number of nitrogens with zero attached hydrogens (tertiary/aromatic N) is 2. The number of nitriles is 1. The number of amides is 2. The Morgan fingerprint density at radius 3 is 2.24 bits per heavy atom. The van der Waals surface area contributed by atoms with Gasteiger partial charge >= 0.3 is 18.6 Å². The van der Waals surface area contributed by atoms with Crippen molar-refractivity contribution >= 4 is 11.7 Å². The smallest absolute Gasteiger partial charge is 0.410 e. The highest BCUT2D eigenvalue weighted by Crippen LogP contribution is 2.31. The molecule has 6 nitrogen and oxygen atoms in total. The lowest BCUT2D eigenvalue weighted by atomic mass is 9.98. The van der Waals surface area contributed by atoms with Gasteiger partial charge in [0, 0.05) is 18.0 Å². The third-order valence-electron chi connectivity index (χ3n) is 5.26. The van der Waals surface area contributed by atoms with E-state index in [0.29, 0.717) is 22.4 Å². The van der Waals surface area contributed by atoms with E-state index in [-0.39, 0.29) is 24.3 Å². The molecule has 3 rings (SSSR count). The lowest BCUT2D eigenvalue weighted by molar-refractivity contribution is -0.308. The zero-order valence-corrected chi connectivity index (χ0v) is 19.2. The van der Waals surface area contributed by atoms with E-state index in [1.54, 1.807) is 24.3 Å². The van der Waals surface area contributed by atoms with Crippen molar-refractivity contribution in [2.75, 3.05) is 0 Å². The van der Waals surface area contributed by atoms with Crippen LogP contribution in [-0.2, 0) is 17.3 Å². The number of hydrazone groups is 1. The van der Waals surface area contributed by atoms with Crippen molar-refractivity contribution in [3.8, 4) is 6.07 Å². The van der Waals surface area contributed by atoms with E-state index < -0.39 is 30.1 Å². The molecule has 37 heavy (non-hydrogen) atoms. The number of hydrogen-bond donors (Lipinski definition) is 2. The van der Waals surface area contributed by atoms with Crippen LogP contribution in [0.2, 0.25) is 0 Å². The van der Waals surface area contributed by atoms with E-state index in [9.17, 15) is 31.1 Å². The minimum atomic E-state index is -4.82. The molecule has 194 valence electrons. The number of urea groups is 1. The molecule has 2 N–H and O–H groups in total. The van der Waals surface area contributed by atoms with Gasteiger partial charge in [-0.3, -0.25) is 0 Å². The first kappa shape index (κ1) is 27.3. The summed E-state index contributed by atoms with van der Waals surface area (Å²) in [7, 11) is 0. The van der Waals surface area contributed by atoms with Crippen molar-refractivity contribution in [3.05, 3.63) is 94.4 Å². The SMILES string of the molecule is CC1CC(NC(=O)NN=C(Cc2ccc(C#N)cc2)c2ccc(C(F)(F)F)cc2)=CC=C1OC(F)(F)F. The Bertz CT molecular complexity index is 1250. The van der Waals surface area contributed by atoms with E-state index >= 15 is 0 Å². The number of carbonyl (C=O) groups excluding carboxylic acids is 1. The second-order valence-electron chi connectivity index (χ2n) is 8.10. The van der Waals surface area contributed by atoms with Crippen LogP contribution in [-0.4, -0.2) is 18.1 Å². The van der Waals surface area contributed by atoms with Crippen LogP contribution in [0.1, 0.15) is 35.6 Å². The lowest BCUT2D eigenvalue weighted by Gasteiger charge is -2.23. The number of nitrogens with one attached hydrogen (secondary N) is 2. The maximum atomic E-state index is 13.0. The standard InChI is InChI=1S/C25H20F6N4O2/c1-15-12-20(10-11-22(15)37-25(29,30)31)33-23(36)35-34-21(13-16-2-4-17(14-32)5-3-16)18-6-8-19(9-7-18)24(26,27)28/h2-11,15H,12-13H2,1H3,(H2,33,35,36). The van der Waals surface area contributed by atoms with E-state index in [1.807, 2.05) is 6.07 Å². The van der Waals surface area contributed by atoms with E-state index in [2.05, 4.69) is 20.6 Å². The average Bonchev–Trinajstić information content (AvgIpc) is 2.82. The van der Waals surface area contributed by atoms with Crippen LogP contribution >= 0.6 is 0 Å². The van der Waals surface area contributed by atoms with Crippen LogP contribution in [0.25, 0.3) is 0 Å². The minimum Gasteiger partial charge on any atom is -0.410 e. The number of alkyl halides is 6. The number of rotatable bonds is 6. The van der Waals surface area contributed by atoms with Gasteiger partial charge < -0.3 is 10.1 Å². The molecule has 1 aliphatic carbocycles. The summed E-state index contributed by atoms with van der Waals surface area (Å²) in [6.07, 6.45) is -6.77. The Labute approximate surface area is 207 Å². The first-order chi connectivity index (χ1) is 17.3. The fourth-order valence-electron chi connectivity index (χ4n) is 3.45. The highest BCUT2D eigenvalue weighted by molar-refractivity contribution is 6.02. The molecule has 0 bridgehead atoms. The summed E-state index contributed by atoms with van der Waals surface area (Å²) in [5.74, 6) is -0.937. The third-order valence-corrected chi connectivity index (χ3v) is 5.26. The third kappa shape index (κ3) is 8.13. The lowest BCUT2D eigenvalue weighted by Crippen LogP contribution is -2.34. The second-order valence-corrected chi connectivity index (χ2v) is 8.10. The summed E-state index contributed by atoms with van der Waals surface area (Å²) >= 11 is 0. The van der Waals surface area contributed by atoms with Crippen molar-refractivity contribution in [2.45, 2.75) is 32.3 Å². The van der Waals surface area contributed by atoms with Gasteiger partial charge in [0.1, 0.15) is 5.76 Å². The summed E-state index contributed by atoms with van der Waals surface area (Å²) in [4.78, 5) is 12.4. The monoisotopic (exact) mass is 522 g/mol. The molecule has 0 fully saturated rings. The Morgan fingerprint density at radius 2 is 1.70 bits per heavy atom. The van der Waals surface area contributed by atoms with E-state index in [0.717, 1.165) is 18.2 Å². The molecular weight excluding hydrogens is 502 g/mol. The first-order valence-electron chi connectivity index (χ1n) is 10.8. The van der Waals surface area contributed by atoms with E-state index in [1.165, 1.54) is 25.1 Å². The van der Waals surface area contributed by atoms with Gasteiger partial charge in [0.15, 0.2) is 0 Å². The summed E-state index contributed by atoms with van der Waals surface area (Å²) in [5, 5.41) is 15.5. The van der Waals surface area contributed by atoms with Gasteiger partial charge in [-0.25, -0.2) is 10.2 Å². The molecule has 0 radical (unpaired) electrons. The number of hydrogen-bond acceptors (Lipinski definition) is 4. The maximum absolute atomic E-state index is 13.0. The summed E-state index contributed by atoms with van der Waals surface area (Å²) < 4.78 is 80.2. The normalized spacial score (nSPS) is 16.3. The molecule has 0 saturated heterocycles. The summed E-state index contributed by atoms with van der Waals surface area (Å²) in [6.45, 7) is 1.50. The molecule has 0 saturated carbocycles. The molecule has 0 spiro atoms. The summed E-state index contributed by atoms with van der Waals surface area (Å²) in [6, 6.07) is 11.9. The number of ether oxygens (including phenoxy) is 1. The molecule has 1 atom stereocenters. The maximum Gasteiger partial charge on any atom is 0.572 e. The molecule has 0 aromatic heterocycles. The molecular formula is C25H20F6N4O2. The van der Waals surface area contributed by atoms with Gasteiger partial charge in [-0.2, -0.15) is 23.5 Å². The zero-order chi connectivity index (χ0) is 27.2. The van der Waals surface area contributed by atoms with Gasteiger partial charge in [0.25, 0.3) is 0 Å². The predicted molar refractivity (Wildman–Crippen MR) is 122 cm³/mol. The molecule has 0 aliphatic heterocycles. The van der Waals surface area contributed by atoms with Crippen LogP contribution in [0.4, 0.5) is 31.1 Å². The molecule has 2 aromatic carbocycles. The Kier molecular flexibility index (Phi) is 8.27. The zero-order valence-electron chi connectivity index (χ0n) is 19.2. The van der Waals surface area contributed by atoms with Crippen molar-refractivity contribution in [2.24, 2.45) is 11.0 Å². The van der Waals surface area contributed by atoms with Crippen molar-refractivity contribution in [3.63, 3.8) is 0 Å². The van der Waals surface area contributed by atoms with Crippen molar-refractivity contribution in [1.29, 1.82) is 5.26 Å². The Balaban J connectivity index is 1.77. The fraction of sp³-hybridized carbons (Fsp3) is 0.240. The molecule has 1 aliphatic rings. The predicted octanol–water partition coefficient (Wildman–Crippen LogP) is 6.17. The minimum absolute atomic E-state index is 0.0655. The van der Waals surface area contributed by atoms with Crippen LogP contribution in [0.5, 0.6) is 0 Å². The van der Waals surface area contributed by atoms with Gasteiger partial charge in [0.2, 0.25) is 0 Å². The average molecular weight is 522 g/mol. The molecule has 1 unspecified atom stereocenters. The highest BCUT2D eigenvalue weighted by Gasteiger charge is 2.34. The molecule has 0 heterocycles. The number of allylic oxidation sites excluding steroid dienone is 4. The summed E-state index contributed by atoms with van der Waals surface area (Å²) in [5.41, 5.74) is 3.40. The van der Waals surface area contributed by atoms with Crippen molar-refractivity contribution < 1.29 is 35.9 Å². The largest absolute Gasteiger partial charge is 0.572 e. The van der Waals surface area contributed by atoms with Gasteiger partial charge in [0.05, 0.1) is 22.9 Å². The van der Waals surface area contributed by atoms with E-state index in [4.69, 9.17) is 5.26 Å². The number of halogens is 6.